The summed E-state index contributed by atoms with van der Waals surface area (Å²) in [4.78, 5) is 16.3. The number of amides is 1. The van der Waals surface area contributed by atoms with Crippen LogP contribution in [0, 0.1) is 0 Å². The van der Waals surface area contributed by atoms with Crippen molar-refractivity contribution in [2.75, 3.05) is 26.4 Å². The van der Waals surface area contributed by atoms with Crippen LogP contribution >= 0.6 is 0 Å². The van der Waals surface area contributed by atoms with Crippen molar-refractivity contribution in [2.45, 2.75) is 45.8 Å². The average molecular weight is 322 g/mol. The summed E-state index contributed by atoms with van der Waals surface area (Å²) in [6.45, 7) is 5.17. The highest BCUT2D eigenvalue weighted by Gasteiger charge is 2.16. The molecule has 0 atom stereocenters. The lowest BCUT2D eigenvalue weighted by atomic mass is 9.95. The summed E-state index contributed by atoms with van der Waals surface area (Å²) in [5.74, 6) is 0.590. The van der Waals surface area contributed by atoms with Crippen LogP contribution in [0.4, 0.5) is 0 Å². The number of ether oxygens (including phenoxy) is 3. The van der Waals surface area contributed by atoms with Gasteiger partial charge in [-0.2, -0.15) is 0 Å². The molecule has 128 valence electrons. The number of fused-ring (bicyclic) bond motifs is 1. The summed E-state index contributed by atoms with van der Waals surface area (Å²) < 4.78 is 16.5. The molecule has 0 aliphatic heterocycles. The number of carbonyl (C=O) groups is 1. The first kappa shape index (κ1) is 17.7. The lowest BCUT2D eigenvalue weighted by molar-refractivity contribution is -0.141. The number of hydrogen-bond donors (Lipinski definition) is 1. The van der Waals surface area contributed by atoms with E-state index in [9.17, 15) is 4.79 Å². The van der Waals surface area contributed by atoms with Crippen LogP contribution in [0.1, 0.15) is 37.9 Å². The van der Waals surface area contributed by atoms with Gasteiger partial charge in [0.2, 0.25) is 0 Å². The van der Waals surface area contributed by atoms with Crippen molar-refractivity contribution in [3.63, 3.8) is 0 Å². The van der Waals surface area contributed by atoms with Gasteiger partial charge in [0, 0.05) is 30.7 Å². The van der Waals surface area contributed by atoms with Crippen molar-refractivity contribution >= 4 is 5.91 Å². The van der Waals surface area contributed by atoms with Crippen molar-refractivity contribution in [2.24, 2.45) is 0 Å². The Morgan fingerprint density at radius 3 is 2.74 bits per heavy atom. The van der Waals surface area contributed by atoms with E-state index in [1.54, 1.807) is 6.20 Å². The minimum Gasteiger partial charge on any atom is -0.483 e. The van der Waals surface area contributed by atoms with Crippen LogP contribution in [-0.4, -0.2) is 43.5 Å². The van der Waals surface area contributed by atoms with E-state index in [0.29, 0.717) is 19.8 Å². The summed E-state index contributed by atoms with van der Waals surface area (Å²) in [6, 6.07) is 1.83. The summed E-state index contributed by atoms with van der Waals surface area (Å²) in [7, 11) is 0. The molecule has 1 aromatic heterocycles. The van der Waals surface area contributed by atoms with E-state index in [-0.39, 0.29) is 12.5 Å². The van der Waals surface area contributed by atoms with E-state index < -0.39 is 6.29 Å². The van der Waals surface area contributed by atoms with E-state index in [2.05, 4.69) is 10.3 Å². The second-order valence-corrected chi connectivity index (χ2v) is 5.37. The van der Waals surface area contributed by atoms with Crippen molar-refractivity contribution in [1.82, 2.24) is 10.3 Å². The number of carbonyl (C=O) groups excluding carboxylic acids is 1. The second kappa shape index (κ2) is 9.47. The zero-order chi connectivity index (χ0) is 16.5. The molecule has 6 heteroatoms. The van der Waals surface area contributed by atoms with Gasteiger partial charge < -0.3 is 19.5 Å². The number of pyridine rings is 1. The number of nitrogens with zero attached hydrogens (tertiary/aromatic N) is 1. The summed E-state index contributed by atoms with van der Waals surface area (Å²) in [6.07, 6.45) is 5.60. The minimum absolute atomic E-state index is 0.0125. The van der Waals surface area contributed by atoms with Gasteiger partial charge in [-0.25, -0.2) is 0 Å². The van der Waals surface area contributed by atoms with Gasteiger partial charge in [0.15, 0.2) is 12.9 Å². The fourth-order valence-corrected chi connectivity index (χ4v) is 2.66. The maximum absolute atomic E-state index is 11.9. The van der Waals surface area contributed by atoms with Crippen LogP contribution in [0.25, 0.3) is 0 Å². The fourth-order valence-electron chi connectivity index (χ4n) is 2.66. The van der Waals surface area contributed by atoms with Gasteiger partial charge in [-0.3, -0.25) is 9.78 Å². The van der Waals surface area contributed by atoms with Crippen molar-refractivity contribution in [3.8, 4) is 5.75 Å². The van der Waals surface area contributed by atoms with Crippen LogP contribution in [0.3, 0.4) is 0 Å². The zero-order valence-electron chi connectivity index (χ0n) is 14.0. The molecule has 1 N–H and O–H groups in total. The molecule has 0 radical (unpaired) electrons. The Kier molecular flexibility index (Phi) is 7.29. The molecular formula is C17H26N2O4. The quantitative estimate of drug-likeness (QED) is 0.703. The Labute approximate surface area is 137 Å². The SMILES string of the molecule is CCOC(CNC(=O)COc1ccnc2c1CCCC2)OCC. The summed E-state index contributed by atoms with van der Waals surface area (Å²) >= 11 is 0. The molecule has 0 spiro atoms. The van der Waals surface area contributed by atoms with Crippen LogP contribution in [0.5, 0.6) is 5.75 Å². The highest BCUT2D eigenvalue weighted by Crippen LogP contribution is 2.27. The Morgan fingerprint density at radius 1 is 1.26 bits per heavy atom. The molecule has 1 aliphatic rings. The molecule has 2 rings (SSSR count). The van der Waals surface area contributed by atoms with Crippen LogP contribution < -0.4 is 10.1 Å². The van der Waals surface area contributed by atoms with Gasteiger partial charge in [0.1, 0.15) is 5.75 Å². The fraction of sp³-hybridized carbons (Fsp3) is 0.647. The number of aryl methyl sites for hydroxylation is 1. The molecule has 0 saturated carbocycles. The molecule has 1 heterocycles. The van der Waals surface area contributed by atoms with Gasteiger partial charge in [0.05, 0.1) is 6.54 Å². The molecule has 1 amide bonds. The number of hydrogen-bond acceptors (Lipinski definition) is 5. The van der Waals surface area contributed by atoms with Crippen molar-refractivity contribution < 1.29 is 19.0 Å². The van der Waals surface area contributed by atoms with Gasteiger partial charge >= 0.3 is 0 Å². The zero-order valence-corrected chi connectivity index (χ0v) is 14.0. The highest BCUT2D eigenvalue weighted by atomic mass is 16.7. The average Bonchev–Trinajstić information content (AvgIpc) is 2.58. The Hall–Kier alpha value is -1.66. The highest BCUT2D eigenvalue weighted by molar-refractivity contribution is 5.77. The van der Waals surface area contributed by atoms with Gasteiger partial charge in [-0.15, -0.1) is 0 Å². The first-order chi connectivity index (χ1) is 11.2. The molecular weight excluding hydrogens is 296 g/mol. The Bertz CT molecular complexity index is 501. The topological polar surface area (TPSA) is 69.7 Å². The standard InChI is InChI=1S/C17H26N2O4/c1-3-21-17(22-4-2)11-19-16(20)12-23-15-9-10-18-14-8-6-5-7-13(14)15/h9-10,17H,3-8,11-12H2,1-2H3,(H,19,20). The maximum Gasteiger partial charge on any atom is 0.258 e. The van der Waals surface area contributed by atoms with E-state index in [0.717, 1.165) is 36.3 Å². The molecule has 1 aromatic rings. The lowest BCUT2D eigenvalue weighted by Gasteiger charge is -2.19. The third-order valence-corrected chi connectivity index (χ3v) is 3.72. The number of rotatable bonds is 9. The van der Waals surface area contributed by atoms with Crippen molar-refractivity contribution in [3.05, 3.63) is 23.5 Å². The molecule has 0 bridgehead atoms. The molecule has 1 aliphatic carbocycles. The van der Waals surface area contributed by atoms with Gasteiger partial charge in [0.25, 0.3) is 5.91 Å². The largest absolute Gasteiger partial charge is 0.483 e. The van der Waals surface area contributed by atoms with E-state index in [4.69, 9.17) is 14.2 Å². The lowest BCUT2D eigenvalue weighted by Crippen LogP contribution is -2.37. The Morgan fingerprint density at radius 2 is 2.00 bits per heavy atom. The van der Waals surface area contributed by atoms with Crippen LogP contribution in [0.15, 0.2) is 12.3 Å². The van der Waals surface area contributed by atoms with E-state index in [1.807, 2.05) is 19.9 Å². The molecule has 23 heavy (non-hydrogen) atoms. The molecule has 0 aromatic carbocycles. The maximum atomic E-state index is 11.9. The number of aromatic nitrogens is 1. The van der Waals surface area contributed by atoms with E-state index in [1.165, 1.54) is 6.42 Å². The third-order valence-electron chi connectivity index (χ3n) is 3.72. The normalized spacial score (nSPS) is 13.7. The van der Waals surface area contributed by atoms with Gasteiger partial charge in [-0.1, -0.05) is 0 Å². The van der Waals surface area contributed by atoms with Crippen LogP contribution in [0.2, 0.25) is 0 Å². The minimum atomic E-state index is -0.414. The van der Waals surface area contributed by atoms with E-state index >= 15 is 0 Å². The Balaban J connectivity index is 1.80. The molecule has 0 saturated heterocycles. The summed E-state index contributed by atoms with van der Waals surface area (Å²) in [5, 5.41) is 2.77. The third kappa shape index (κ3) is 5.48. The summed E-state index contributed by atoms with van der Waals surface area (Å²) in [5.41, 5.74) is 2.25. The molecule has 0 fully saturated rings. The monoisotopic (exact) mass is 322 g/mol. The smallest absolute Gasteiger partial charge is 0.258 e. The van der Waals surface area contributed by atoms with Crippen LogP contribution in [-0.2, 0) is 27.1 Å². The predicted molar refractivity (Wildman–Crippen MR) is 86.4 cm³/mol. The first-order valence-electron chi connectivity index (χ1n) is 8.34. The molecule has 0 unspecified atom stereocenters. The number of nitrogens with one attached hydrogen (secondary N) is 1. The molecule has 6 nitrogen and oxygen atoms in total. The van der Waals surface area contributed by atoms with Crippen molar-refractivity contribution in [1.29, 1.82) is 0 Å². The second-order valence-electron chi connectivity index (χ2n) is 5.37. The predicted octanol–water partition coefficient (Wildman–Crippen LogP) is 1.85. The van der Waals surface area contributed by atoms with Gasteiger partial charge in [-0.05, 0) is 45.6 Å². The first-order valence-corrected chi connectivity index (χ1v) is 8.34.